The van der Waals surface area contributed by atoms with Crippen LogP contribution in [0.2, 0.25) is 0 Å². The number of aliphatic hydroxyl groups excluding tert-OH is 1. The maximum Gasteiger partial charge on any atom is 0.350 e. The SMILES string of the molecule is CCOC(=O)c1sc(N2C(=O)C(=O)/C(=C(\O)c3ccc4c(c3)CC(C)O4)C2c2ccccc2F)nc1C. The summed E-state index contributed by atoms with van der Waals surface area (Å²) in [5.74, 6) is -3.01. The second-order valence-corrected chi connectivity index (χ2v) is 9.75. The molecular formula is C27H23FN2O6S. The number of anilines is 1. The lowest BCUT2D eigenvalue weighted by Gasteiger charge is -2.23. The number of esters is 1. The van der Waals surface area contributed by atoms with E-state index >= 15 is 4.39 Å². The molecule has 2 aliphatic rings. The molecule has 2 atom stereocenters. The first-order valence-electron chi connectivity index (χ1n) is 11.7. The Kier molecular flexibility index (Phi) is 6.28. The number of nitrogens with zero attached hydrogens (tertiary/aromatic N) is 2. The Balaban J connectivity index is 1.68. The fourth-order valence-corrected chi connectivity index (χ4v) is 5.60. The van der Waals surface area contributed by atoms with Crippen LogP contribution in [-0.2, 0) is 20.7 Å². The molecule has 5 rings (SSSR count). The molecule has 2 aromatic carbocycles. The predicted molar refractivity (Wildman–Crippen MR) is 134 cm³/mol. The lowest BCUT2D eigenvalue weighted by molar-refractivity contribution is -0.132. The van der Waals surface area contributed by atoms with Crippen molar-refractivity contribution in [3.8, 4) is 5.75 Å². The summed E-state index contributed by atoms with van der Waals surface area (Å²) in [6.07, 6.45) is 0.592. The number of benzene rings is 2. The number of amides is 1. The van der Waals surface area contributed by atoms with Gasteiger partial charge in [0, 0.05) is 17.5 Å². The van der Waals surface area contributed by atoms with Crippen molar-refractivity contribution in [2.24, 2.45) is 0 Å². The second-order valence-electron chi connectivity index (χ2n) is 8.78. The van der Waals surface area contributed by atoms with Crippen LogP contribution in [0.15, 0.2) is 48.0 Å². The highest BCUT2D eigenvalue weighted by Gasteiger charge is 2.49. The van der Waals surface area contributed by atoms with E-state index in [-0.39, 0.29) is 33.9 Å². The van der Waals surface area contributed by atoms with Gasteiger partial charge in [0.25, 0.3) is 5.78 Å². The van der Waals surface area contributed by atoms with Gasteiger partial charge in [-0.25, -0.2) is 14.2 Å². The first kappa shape index (κ1) is 24.6. The van der Waals surface area contributed by atoms with Crippen molar-refractivity contribution in [1.82, 2.24) is 4.98 Å². The van der Waals surface area contributed by atoms with Crippen molar-refractivity contribution in [3.63, 3.8) is 0 Å². The number of halogens is 1. The van der Waals surface area contributed by atoms with Gasteiger partial charge in [-0.3, -0.25) is 14.5 Å². The summed E-state index contributed by atoms with van der Waals surface area (Å²) >= 11 is 0.865. The van der Waals surface area contributed by atoms with Crippen LogP contribution in [0.25, 0.3) is 5.76 Å². The Bertz CT molecular complexity index is 1480. The summed E-state index contributed by atoms with van der Waals surface area (Å²) in [6.45, 7) is 5.31. The van der Waals surface area contributed by atoms with Gasteiger partial charge in [0.2, 0.25) is 0 Å². The predicted octanol–water partition coefficient (Wildman–Crippen LogP) is 4.72. The third-order valence-electron chi connectivity index (χ3n) is 6.27. The van der Waals surface area contributed by atoms with E-state index in [0.29, 0.717) is 23.4 Å². The molecule has 0 aliphatic carbocycles. The molecule has 3 aromatic rings. The summed E-state index contributed by atoms with van der Waals surface area (Å²) in [5.41, 5.74) is 1.20. The Labute approximate surface area is 216 Å². The average Bonchev–Trinajstić information content (AvgIpc) is 3.51. The Morgan fingerprint density at radius 2 is 2.03 bits per heavy atom. The van der Waals surface area contributed by atoms with Gasteiger partial charge >= 0.3 is 11.9 Å². The van der Waals surface area contributed by atoms with Crippen LogP contribution in [0.1, 0.15) is 51.9 Å². The molecule has 0 bridgehead atoms. The smallest absolute Gasteiger partial charge is 0.350 e. The van der Waals surface area contributed by atoms with E-state index in [1.807, 2.05) is 6.92 Å². The van der Waals surface area contributed by atoms with Gasteiger partial charge in [-0.05, 0) is 50.6 Å². The van der Waals surface area contributed by atoms with Crippen molar-refractivity contribution in [3.05, 3.63) is 81.1 Å². The quantitative estimate of drug-likeness (QED) is 0.224. The number of carbonyl (C=O) groups is 3. The molecule has 8 nitrogen and oxygen atoms in total. The van der Waals surface area contributed by atoms with Crippen LogP contribution >= 0.6 is 11.3 Å². The Morgan fingerprint density at radius 3 is 2.76 bits per heavy atom. The largest absolute Gasteiger partial charge is 0.507 e. The van der Waals surface area contributed by atoms with Gasteiger partial charge < -0.3 is 14.6 Å². The third-order valence-corrected chi connectivity index (χ3v) is 7.40. The van der Waals surface area contributed by atoms with Crippen LogP contribution < -0.4 is 9.64 Å². The Hall–Kier alpha value is -4.05. The molecule has 1 fully saturated rings. The zero-order valence-corrected chi connectivity index (χ0v) is 21.1. The maximum atomic E-state index is 15.1. The summed E-state index contributed by atoms with van der Waals surface area (Å²) in [4.78, 5) is 44.6. The lowest BCUT2D eigenvalue weighted by atomic mass is 9.94. The molecule has 37 heavy (non-hydrogen) atoms. The molecule has 1 saturated heterocycles. The third kappa shape index (κ3) is 4.17. The number of rotatable bonds is 5. The number of ether oxygens (including phenoxy) is 2. The van der Waals surface area contributed by atoms with Gasteiger partial charge in [0.15, 0.2) is 5.13 Å². The molecule has 0 radical (unpaired) electrons. The van der Waals surface area contributed by atoms with Crippen LogP contribution in [0.3, 0.4) is 0 Å². The highest BCUT2D eigenvalue weighted by molar-refractivity contribution is 7.17. The Morgan fingerprint density at radius 1 is 1.27 bits per heavy atom. The van der Waals surface area contributed by atoms with Crippen LogP contribution in [0.4, 0.5) is 9.52 Å². The number of aromatic nitrogens is 1. The van der Waals surface area contributed by atoms with E-state index in [0.717, 1.165) is 21.8 Å². The number of ketones is 1. The zero-order chi connectivity index (χ0) is 26.4. The zero-order valence-electron chi connectivity index (χ0n) is 20.3. The topological polar surface area (TPSA) is 106 Å². The van der Waals surface area contributed by atoms with Crippen molar-refractivity contribution in [2.75, 3.05) is 11.5 Å². The molecule has 3 heterocycles. The van der Waals surface area contributed by atoms with Crippen LogP contribution in [-0.4, -0.2) is 40.5 Å². The number of hydrogen-bond acceptors (Lipinski definition) is 8. The van der Waals surface area contributed by atoms with E-state index in [9.17, 15) is 19.5 Å². The number of aryl methyl sites for hydroxylation is 1. The maximum absolute atomic E-state index is 15.1. The van der Waals surface area contributed by atoms with Crippen molar-refractivity contribution >= 4 is 39.9 Å². The molecule has 2 unspecified atom stereocenters. The fraction of sp³-hybridized carbons (Fsp3) is 0.259. The minimum atomic E-state index is -1.30. The number of Topliss-reactive ketones (excluding diaryl/α,β-unsaturated/α-hetero) is 1. The van der Waals surface area contributed by atoms with Crippen molar-refractivity contribution in [1.29, 1.82) is 0 Å². The monoisotopic (exact) mass is 522 g/mol. The average molecular weight is 523 g/mol. The number of carbonyl (C=O) groups excluding carboxylic acids is 3. The number of thiazole rings is 1. The number of aliphatic hydroxyl groups is 1. The van der Waals surface area contributed by atoms with Crippen molar-refractivity contribution < 1.29 is 33.4 Å². The summed E-state index contributed by atoms with van der Waals surface area (Å²) in [5, 5.41) is 11.4. The van der Waals surface area contributed by atoms with E-state index in [2.05, 4.69) is 4.98 Å². The highest BCUT2D eigenvalue weighted by Crippen LogP contribution is 2.45. The van der Waals surface area contributed by atoms with Gasteiger partial charge in [-0.1, -0.05) is 29.5 Å². The van der Waals surface area contributed by atoms with E-state index in [1.54, 1.807) is 38.1 Å². The highest BCUT2D eigenvalue weighted by atomic mass is 32.1. The molecule has 0 saturated carbocycles. The second kappa shape index (κ2) is 9.44. The molecule has 0 spiro atoms. The van der Waals surface area contributed by atoms with E-state index in [1.165, 1.54) is 18.2 Å². The van der Waals surface area contributed by atoms with Gasteiger partial charge in [-0.2, -0.15) is 0 Å². The molecule has 1 aromatic heterocycles. The van der Waals surface area contributed by atoms with Gasteiger partial charge in [0.05, 0.1) is 17.9 Å². The minimum Gasteiger partial charge on any atom is -0.507 e. The first-order valence-corrected chi connectivity index (χ1v) is 12.5. The summed E-state index contributed by atoms with van der Waals surface area (Å²) < 4.78 is 25.9. The number of fused-ring (bicyclic) bond motifs is 1. The molecule has 1 amide bonds. The summed E-state index contributed by atoms with van der Waals surface area (Å²) in [7, 11) is 0. The summed E-state index contributed by atoms with van der Waals surface area (Å²) in [6, 6.07) is 9.39. The number of hydrogen-bond donors (Lipinski definition) is 1. The van der Waals surface area contributed by atoms with E-state index < -0.39 is 35.3 Å². The van der Waals surface area contributed by atoms with Gasteiger partial charge in [-0.15, -0.1) is 0 Å². The van der Waals surface area contributed by atoms with E-state index in [4.69, 9.17) is 9.47 Å². The molecule has 10 heteroatoms. The minimum absolute atomic E-state index is 0.00639. The van der Waals surface area contributed by atoms with Crippen molar-refractivity contribution in [2.45, 2.75) is 39.3 Å². The van der Waals surface area contributed by atoms with Crippen LogP contribution in [0, 0.1) is 12.7 Å². The standard InChI is InChI=1S/C27H23FN2O6S/c1-4-35-26(34)24-14(3)29-27(37-24)30-21(17-7-5-6-8-18(17)28)20(23(32)25(30)33)22(31)15-9-10-19-16(12-15)11-13(2)36-19/h5-10,12-13,21,31H,4,11H2,1-3H3/b22-20-. The van der Waals surface area contributed by atoms with Gasteiger partial charge in [0.1, 0.15) is 34.3 Å². The molecule has 2 aliphatic heterocycles. The molecular weight excluding hydrogens is 499 g/mol. The molecule has 1 N–H and O–H groups in total. The van der Waals surface area contributed by atoms with Crippen LogP contribution in [0.5, 0.6) is 5.75 Å². The molecule has 190 valence electrons. The fourth-order valence-electron chi connectivity index (χ4n) is 4.62. The normalized spacial score (nSPS) is 20.2. The lowest BCUT2D eigenvalue weighted by Crippen LogP contribution is -2.29. The first-order chi connectivity index (χ1) is 17.7.